The summed E-state index contributed by atoms with van der Waals surface area (Å²) in [5, 5.41) is 3.76. The number of ketones is 1. The molecule has 0 atom stereocenters. The highest BCUT2D eigenvalue weighted by molar-refractivity contribution is 6.30. The first-order valence-electron chi connectivity index (χ1n) is 6.31. The fraction of sp³-hybridized carbons (Fsp3) is 0.188. The van der Waals surface area contributed by atoms with Crippen molar-refractivity contribution in [1.82, 2.24) is 5.32 Å². The van der Waals surface area contributed by atoms with E-state index in [2.05, 4.69) is 5.32 Å². The molecule has 0 saturated heterocycles. The van der Waals surface area contributed by atoms with Gasteiger partial charge in [-0.1, -0.05) is 23.7 Å². The fourth-order valence-electron chi connectivity index (χ4n) is 1.80. The van der Waals surface area contributed by atoms with Crippen molar-refractivity contribution in [2.45, 2.75) is 6.54 Å². The number of methoxy groups -OCH3 is 1. The zero-order valence-electron chi connectivity index (χ0n) is 11.2. The smallest absolute Gasteiger partial charge is 0.176 e. The summed E-state index contributed by atoms with van der Waals surface area (Å²) >= 11 is 5.79. The number of rotatable bonds is 6. The maximum absolute atomic E-state index is 11.9. The lowest BCUT2D eigenvalue weighted by Gasteiger charge is -2.06. The monoisotopic (exact) mass is 289 g/mol. The number of hydrogen-bond donors (Lipinski definition) is 1. The number of benzene rings is 2. The predicted octanol–water partition coefficient (Wildman–Crippen LogP) is 3.32. The highest BCUT2D eigenvalue weighted by atomic mass is 35.5. The van der Waals surface area contributed by atoms with E-state index in [1.54, 1.807) is 31.4 Å². The van der Waals surface area contributed by atoms with Gasteiger partial charge in [-0.05, 0) is 42.0 Å². The molecule has 4 heteroatoms. The molecule has 0 aromatic heterocycles. The maximum atomic E-state index is 11.9. The van der Waals surface area contributed by atoms with Gasteiger partial charge in [0.05, 0.1) is 13.7 Å². The van der Waals surface area contributed by atoms with Crippen molar-refractivity contribution in [3.05, 3.63) is 64.7 Å². The van der Waals surface area contributed by atoms with E-state index in [-0.39, 0.29) is 5.78 Å². The summed E-state index contributed by atoms with van der Waals surface area (Å²) < 4.78 is 5.09. The SMILES string of the molecule is COc1ccc(CNCC(=O)c2ccc(Cl)cc2)cc1. The maximum Gasteiger partial charge on any atom is 0.176 e. The molecule has 0 unspecified atom stereocenters. The Morgan fingerprint density at radius 1 is 1.10 bits per heavy atom. The van der Waals surface area contributed by atoms with Crippen LogP contribution < -0.4 is 10.1 Å². The largest absolute Gasteiger partial charge is 0.497 e. The minimum absolute atomic E-state index is 0.0511. The third-order valence-corrected chi connectivity index (χ3v) is 3.19. The van der Waals surface area contributed by atoms with E-state index < -0.39 is 0 Å². The van der Waals surface area contributed by atoms with Gasteiger partial charge in [0, 0.05) is 17.1 Å². The Bertz CT molecular complexity index is 564. The highest BCUT2D eigenvalue weighted by Gasteiger charge is 2.05. The Balaban J connectivity index is 1.82. The number of carbonyl (C=O) groups is 1. The third-order valence-electron chi connectivity index (χ3n) is 2.94. The molecule has 0 bridgehead atoms. The summed E-state index contributed by atoms with van der Waals surface area (Å²) in [5.74, 6) is 0.876. The van der Waals surface area contributed by atoms with Crippen molar-refractivity contribution in [3.8, 4) is 5.75 Å². The van der Waals surface area contributed by atoms with E-state index >= 15 is 0 Å². The number of halogens is 1. The van der Waals surface area contributed by atoms with Crippen LogP contribution in [0, 0.1) is 0 Å². The van der Waals surface area contributed by atoms with Crippen LogP contribution >= 0.6 is 11.6 Å². The van der Waals surface area contributed by atoms with E-state index in [0.717, 1.165) is 11.3 Å². The molecule has 20 heavy (non-hydrogen) atoms. The van der Waals surface area contributed by atoms with Gasteiger partial charge in [0.15, 0.2) is 5.78 Å². The van der Waals surface area contributed by atoms with Crippen molar-refractivity contribution in [2.75, 3.05) is 13.7 Å². The summed E-state index contributed by atoms with van der Waals surface area (Å²) in [4.78, 5) is 11.9. The lowest BCUT2D eigenvalue weighted by molar-refractivity contribution is 0.0991. The minimum Gasteiger partial charge on any atom is -0.497 e. The summed E-state index contributed by atoms with van der Waals surface area (Å²) in [6.07, 6.45) is 0. The second-order valence-electron chi connectivity index (χ2n) is 4.38. The molecule has 0 spiro atoms. The molecule has 0 aliphatic heterocycles. The van der Waals surface area contributed by atoms with Crippen molar-refractivity contribution in [1.29, 1.82) is 0 Å². The first-order chi connectivity index (χ1) is 9.69. The van der Waals surface area contributed by atoms with Crippen LogP contribution in [0.3, 0.4) is 0 Å². The van der Waals surface area contributed by atoms with E-state index in [1.165, 1.54) is 0 Å². The van der Waals surface area contributed by atoms with Gasteiger partial charge in [-0.15, -0.1) is 0 Å². The molecule has 0 radical (unpaired) electrons. The summed E-state index contributed by atoms with van der Waals surface area (Å²) in [5.41, 5.74) is 1.77. The lowest BCUT2D eigenvalue weighted by Crippen LogP contribution is -2.22. The number of Topliss-reactive ketones (excluding diaryl/α,β-unsaturated/α-hetero) is 1. The Hall–Kier alpha value is -1.84. The van der Waals surface area contributed by atoms with E-state index in [9.17, 15) is 4.79 Å². The van der Waals surface area contributed by atoms with Gasteiger partial charge in [0.2, 0.25) is 0 Å². The molecule has 0 aliphatic carbocycles. The predicted molar refractivity (Wildman–Crippen MR) is 80.5 cm³/mol. The first-order valence-corrected chi connectivity index (χ1v) is 6.69. The molecular weight excluding hydrogens is 274 g/mol. The Kier molecular flexibility index (Phi) is 5.16. The zero-order chi connectivity index (χ0) is 14.4. The van der Waals surface area contributed by atoms with E-state index in [4.69, 9.17) is 16.3 Å². The quantitative estimate of drug-likeness (QED) is 0.829. The van der Waals surface area contributed by atoms with Gasteiger partial charge in [-0.2, -0.15) is 0 Å². The van der Waals surface area contributed by atoms with Crippen LogP contribution in [0.1, 0.15) is 15.9 Å². The average Bonchev–Trinajstić information content (AvgIpc) is 2.48. The normalized spacial score (nSPS) is 10.3. The molecule has 2 aromatic rings. The summed E-state index contributed by atoms with van der Waals surface area (Å²) in [7, 11) is 1.64. The molecule has 0 aliphatic rings. The van der Waals surface area contributed by atoms with E-state index in [0.29, 0.717) is 23.7 Å². The van der Waals surface area contributed by atoms with Gasteiger partial charge < -0.3 is 10.1 Å². The number of hydrogen-bond acceptors (Lipinski definition) is 3. The lowest BCUT2D eigenvalue weighted by atomic mass is 10.1. The van der Waals surface area contributed by atoms with Gasteiger partial charge in [0.25, 0.3) is 0 Å². The van der Waals surface area contributed by atoms with Crippen LogP contribution in [-0.2, 0) is 6.54 Å². The second-order valence-corrected chi connectivity index (χ2v) is 4.82. The molecular formula is C16H16ClNO2. The minimum atomic E-state index is 0.0511. The molecule has 2 aromatic carbocycles. The number of nitrogens with one attached hydrogen (secondary N) is 1. The standard InChI is InChI=1S/C16H16ClNO2/c1-20-15-8-2-12(3-9-15)10-18-11-16(19)13-4-6-14(17)7-5-13/h2-9,18H,10-11H2,1H3. The second kappa shape index (κ2) is 7.08. The molecule has 1 N–H and O–H groups in total. The summed E-state index contributed by atoms with van der Waals surface area (Å²) in [6, 6.07) is 14.7. The average molecular weight is 290 g/mol. The van der Waals surface area contributed by atoms with Gasteiger partial charge >= 0.3 is 0 Å². The molecule has 0 heterocycles. The Morgan fingerprint density at radius 3 is 2.35 bits per heavy atom. The van der Waals surface area contributed by atoms with Gasteiger partial charge in [-0.25, -0.2) is 0 Å². The van der Waals surface area contributed by atoms with Crippen LogP contribution in [0.2, 0.25) is 5.02 Å². The zero-order valence-corrected chi connectivity index (χ0v) is 12.0. The first kappa shape index (κ1) is 14.6. The van der Waals surface area contributed by atoms with Crippen molar-refractivity contribution in [2.24, 2.45) is 0 Å². The molecule has 104 valence electrons. The van der Waals surface area contributed by atoms with E-state index in [1.807, 2.05) is 24.3 Å². The van der Waals surface area contributed by atoms with Crippen LogP contribution in [0.5, 0.6) is 5.75 Å². The van der Waals surface area contributed by atoms with Crippen molar-refractivity contribution < 1.29 is 9.53 Å². The molecule has 3 nitrogen and oxygen atoms in total. The van der Waals surface area contributed by atoms with Crippen LogP contribution in [-0.4, -0.2) is 19.4 Å². The fourth-order valence-corrected chi connectivity index (χ4v) is 1.93. The summed E-state index contributed by atoms with van der Waals surface area (Å²) in [6.45, 7) is 0.941. The molecule has 2 rings (SSSR count). The van der Waals surface area contributed by atoms with Crippen molar-refractivity contribution in [3.63, 3.8) is 0 Å². The highest BCUT2D eigenvalue weighted by Crippen LogP contribution is 2.11. The van der Waals surface area contributed by atoms with Crippen LogP contribution in [0.4, 0.5) is 0 Å². The topological polar surface area (TPSA) is 38.3 Å². The van der Waals surface area contributed by atoms with Gasteiger partial charge in [0.1, 0.15) is 5.75 Å². The van der Waals surface area contributed by atoms with Crippen LogP contribution in [0.25, 0.3) is 0 Å². The number of ether oxygens (including phenoxy) is 1. The van der Waals surface area contributed by atoms with Crippen molar-refractivity contribution >= 4 is 17.4 Å². The molecule has 0 saturated carbocycles. The Labute approximate surface area is 123 Å². The molecule has 0 fully saturated rings. The molecule has 0 amide bonds. The van der Waals surface area contributed by atoms with Crippen LogP contribution in [0.15, 0.2) is 48.5 Å². The Morgan fingerprint density at radius 2 is 1.75 bits per heavy atom. The third kappa shape index (κ3) is 4.08. The van der Waals surface area contributed by atoms with Gasteiger partial charge in [-0.3, -0.25) is 4.79 Å². The number of carbonyl (C=O) groups excluding carboxylic acids is 1.